The minimum Gasteiger partial charge on any atom is -0.293 e. The average molecular weight is 420 g/mol. The van der Waals surface area contributed by atoms with Crippen molar-refractivity contribution in [3.63, 3.8) is 0 Å². The van der Waals surface area contributed by atoms with E-state index in [1.54, 1.807) is 0 Å². The SMILES string of the molecule is O=S(=O)(Cl)c1cc(Cl)c2c(Cl)nc(-c3nnc(C(F)F)s3)n2c1. The van der Waals surface area contributed by atoms with Crippen molar-refractivity contribution in [2.45, 2.75) is 11.3 Å². The van der Waals surface area contributed by atoms with Gasteiger partial charge in [-0.2, -0.15) is 0 Å². The van der Waals surface area contributed by atoms with Gasteiger partial charge in [0.25, 0.3) is 15.5 Å². The van der Waals surface area contributed by atoms with Crippen molar-refractivity contribution in [3.8, 4) is 10.8 Å². The molecule has 6 nitrogen and oxygen atoms in total. The number of alkyl halides is 2. The molecule has 3 aromatic heterocycles. The van der Waals surface area contributed by atoms with Gasteiger partial charge in [-0.05, 0) is 6.07 Å². The van der Waals surface area contributed by atoms with Crippen molar-refractivity contribution >= 4 is 59.8 Å². The summed E-state index contributed by atoms with van der Waals surface area (Å²) in [6, 6.07) is 1.11. The maximum atomic E-state index is 12.6. The van der Waals surface area contributed by atoms with Crippen LogP contribution in [0.3, 0.4) is 0 Å². The molecule has 0 saturated carbocycles. The molecule has 0 aromatic carbocycles. The summed E-state index contributed by atoms with van der Waals surface area (Å²) < 4.78 is 49.5. The predicted molar refractivity (Wildman–Crippen MR) is 82.1 cm³/mol. The van der Waals surface area contributed by atoms with E-state index < -0.39 is 20.5 Å². The molecular weight excluding hydrogens is 417 g/mol. The smallest absolute Gasteiger partial charge is 0.291 e. The summed E-state index contributed by atoms with van der Waals surface area (Å²) in [5.41, 5.74) is 0.196. The van der Waals surface area contributed by atoms with Crippen LogP contribution < -0.4 is 0 Å². The van der Waals surface area contributed by atoms with Crippen molar-refractivity contribution in [1.29, 1.82) is 0 Å². The highest BCUT2D eigenvalue weighted by Gasteiger charge is 2.23. The van der Waals surface area contributed by atoms with E-state index in [0.29, 0.717) is 11.3 Å². The van der Waals surface area contributed by atoms with Crippen LogP contribution in [0.15, 0.2) is 17.2 Å². The van der Waals surface area contributed by atoms with Crippen molar-refractivity contribution in [3.05, 3.63) is 27.4 Å². The first-order chi connectivity index (χ1) is 10.7. The van der Waals surface area contributed by atoms with Gasteiger partial charge in [0.15, 0.2) is 21.0 Å². The first kappa shape index (κ1) is 16.8. The van der Waals surface area contributed by atoms with Gasteiger partial charge in [0, 0.05) is 16.9 Å². The van der Waals surface area contributed by atoms with Gasteiger partial charge in [0.1, 0.15) is 10.4 Å². The third-order valence-corrected chi connectivity index (χ3v) is 5.52. The quantitative estimate of drug-likeness (QED) is 0.599. The summed E-state index contributed by atoms with van der Waals surface area (Å²) in [7, 11) is 1.23. The summed E-state index contributed by atoms with van der Waals surface area (Å²) >= 11 is 12.6. The Kier molecular flexibility index (Phi) is 4.21. The standard InChI is InChI=1S/C10H3Cl3F2N4O2S2/c11-4-1-3(23(13,20)21)2-19-5(4)6(12)16-8(19)10-18-17-9(22-10)7(14)15/h1-2,7H. The number of halogens is 5. The summed E-state index contributed by atoms with van der Waals surface area (Å²) in [6.07, 6.45) is -1.66. The lowest BCUT2D eigenvalue weighted by Crippen LogP contribution is -1.97. The molecule has 122 valence electrons. The molecule has 0 spiro atoms. The van der Waals surface area contributed by atoms with Crippen LogP contribution in [0.25, 0.3) is 16.3 Å². The summed E-state index contributed by atoms with van der Waals surface area (Å²) in [4.78, 5) is 3.69. The van der Waals surface area contributed by atoms with E-state index in [9.17, 15) is 17.2 Å². The maximum absolute atomic E-state index is 12.6. The zero-order chi connectivity index (χ0) is 16.9. The van der Waals surface area contributed by atoms with Gasteiger partial charge in [-0.25, -0.2) is 22.2 Å². The summed E-state index contributed by atoms with van der Waals surface area (Å²) in [5.74, 6) is 0.0264. The molecule has 0 aliphatic rings. The number of hydrogen-bond acceptors (Lipinski definition) is 6. The van der Waals surface area contributed by atoms with E-state index >= 15 is 0 Å². The van der Waals surface area contributed by atoms with Crippen LogP contribution in [0.4, 0.5) is 8.78 Å². The largest absolute Gasteiger partial charge is 0.293 e. The molecule has 23 heavy (non-hydrogen) atoms. The molecule has 3 rings (SSSR count). The molecule has 0 fully saturated rings. The molecule has 0 aliphatic heterocycles. The highest BCUT2D eigenvalue weighted by Crippen LogP contribution is 2.35. The monoisotopic (exact) mass is 418 g/mol. The molecule has 0 saturated heterocycles. The van der Waals surface area contributed by atoms with Gasteiger partial charge in [0.2, 0.25) is 0 Å². The Morgan fingerprint density at radius 2 is 1.96 bits per heavy atom. The van der Waals surface area contributed by atoms with E-state index in [1.165, 1.54) is 4.40 Å². The zero-order valence-corrected chi connectivity index (χ0v) is 14.4. The molecule has 3 heterocycles. The van der Waals surface area contributed by atoms with Crippen LogP contribution in [0, 0.1) is 0 Å². The number of rotatable bonds is 3. The van der Waals surface area contributed by atoms with E-state index in [-0.39, 0.29) is 31.4 Å². The molecule has 0 radical (unpaired) electrons. The van der Waals surface area contributed by atoms with Gasteiger partial charge in [-0.15, -0.1) is 10.2 Å². The van der Waals surface area contributed by atoms with Crippen LogP contribution in [0.5, 0.6) is 0 Å². The van der Waals surface area contributed by atoms with Gasteiger partial charge in [-0.1, -0.05) is 34.5 Å². The number of pyridine rings is 1. The van der Waals surface area contributed by atoms with Gasteiger partial charge < -0.3 is 0 Å². The van der Waals surface area contributed by atoms with Crippen molar-refractivity contribution in [1.82, 2.24) is 19.6 Å². The summed E-state index contributed by atoms with van der Waals surface area (Å²) in [5, 5.41) is 6.43. The molecule has 0 amide bonds. The van der Waals surface area contributed by atoms with Crippen molar-refractivity contribution < 1.29 is 17.2 Å². The lowest BCUT2D eigenvalue weighted by atomic mass is 10.4. The van der Waals surface area contributed by atoms with Crippen molar-refractivity contribution in [2.75, 3.05) is 0 Å². The Morgan fingerprint density at radius 3 is 2.52 bits per heavy atom. The fourth-order valence-corrected chi connectivity index (χ4v) is 3.91. The number of nitrogens with zero attached hydrogens (tertiary/aromatic N) is 4. The van der Waals surface area contributed by atoms with Crippen LogP contribution >= 0.6 is 45.2 Å². The second-order valence-electron chi connectivity index (χ2n) is 4.15. The third-order valence-electron chi connectivity index (χ3n) is 2.72. The fraction of sp³-hybridized carbons (Fsp3) is 0.100. The lowest BCUT2D eigenvalue weighted by Gasteiger charge is -2.03. The fourth-order valence-electron chi connectivity index (χ4n) is 1.80. The highest BCUT2D eigenvalue weighted by atomic mass is 35.7. The van der Waals surface area contributed by atoms with E-state index in [1.807, 2.05) is 0 Å². The van der Waals surface area contributed by atoms with Gasteiger partial charge in [-0.3, -0.25) is 4.40 Å². The van der Waals surface area contributed by atoms with Gasteiger partial charge >= 0.3 is 0 Å². The molecular formula is C10H3Cl3F2N4O2S2. The first-order valence-electron chi connectivity index (χ1n) is 5.62. The second-order valence-corrected chi connectivity index (χ2v) is 8.49. The Bertz CT molecular complexity index is 1020. The Hall–Kier alpha value is -1.07. The molecule has 0 atom stereocenters. The average Bonchev–Trinajstić information content (AvgIpc) is 3.02. The highest BCUT2D eigenvalue weighted by molar-refractivity contribution is 8.13. The predicted octanol–water partition coefficient (Wildman–Crippen LogP) is 4.02. The normalized spacial score (nSPS) is 12.4. The van der Waals surface area contributed by atoms with Crippen molar-refractivity contribution in [2.24, 2.45) is 0 Å². The summed E-state index contributed by atoms with van der Waals surface area (Å²) in [6.45, 7) is 0. The Labute approximate surface area is 146 Å². The number of aromatic nitrogens is 4. The number of hydrogen-bond donors (Lipinski definition) is 0. The molecule has 13 heteroatoms. The second kappa shape index (κ2) is 5.78. The van der Waals surface area contributed by atoms with Crippen LogP contribution in [-0.4, -0.2) is 28.0 Å². The van der Waals surface area contributed by atoms with Crippen LogP contribution in [0.2, 0.25) is 10.2 Å². The molecule has 0 aliphatic carbocycles. The molecule has 0 bridgehead atoms. The number of fused-ring (bicyclic) bond motifs is 1. The first-order valence-corrected chi connectivity index (χ1v) is 9.50. The molecule has 0 unspecified atom stereocenters. The Morgan fingerprint density at radius 1 is 1.26 bits per heavy atom. The lowest BCUT2D eigenvalue weighted by molar-refractivity contribution is 0.150. The Balaban J connectivity index is 2.30. The maximum Gasteiger partial charge on any atom is 0.291 e. The number of imidazole rings is 1. The molecule has 3 aromatic rings. The van der Waals surface area contributed by atoms with E-state index in [4.69, 9.17) is 33.9 Å². The van der Waals surface area contributed by atoms with Crippen LogP contribution in [0.1, 0.15) is 11.4 Å². The van der Waals surface area contributed by atoms with E-state index in [0.717, 1.165) is 12.3 Å². The van der Waals surface area contributed by atoms with Gasteiger partial charge in [0.05, 0.1) is 5.02 Å². The molecule has 0 N–H and O–H groups in total. The van der Waals surface area contributed by atoms with E-state index in [2.05, 4.69) is 15.2 Å². The third kappa shape index (κ3) is 3.01. The zero-order valence-electron chi connectivity index (χ0n) is 10.5. The minimum atomic E-state index is -4.07. The van der Waals surface area contributed by atoms with Crippen LogP contribution in [-0.2, 0) is 9.05 Å². The minimum absolute atomic E-state index is 0.0194. The topological polar surface area (TPSA) is 77.2 Å².